The van der Waals surface area contributed by atoms with Gasteiger partial charge in [0.2, 0.25) is 5.95 Å². The number of hydrogen-bond acceptors (Lipinski definition) is 3. The predicted octanol–water partition coefficient (Wildman–Crippen LogP) is 2.39. The summed E-state index contributed by atoms with van der Waals surface area (Å²) < 4.78 is 18.0. The van der Waals surface area contributed by atoms with Crippen LogP contribution in [-0.2, 0) is 6.61 Å². The fourth-order valence-electron chi connectivity index (χ4n) is 1.61. The molecule has 4 heteroatoms. The van der Waals surface area contributed by atoms with E-state index in [1.165, 1.54) is 12.3 Å². The summed E-state index contributed by atoms with van der Waals surface area (Å²) >= 11 is 0. The molecule has 1 heterocycles. The lowest BCUT2D eigenvalue weighted by Crippen LogP contribution is -1.92. The van der Waals surface area contributed by atoms with E-state index >= 15 is 0 Å². The van der Waals surface area contributed by atoms with Crippen molar-refractivity contribution >= 4 is 0 Å². The first-order valence-electron chi connectivity index (χ1n) is 5.14. The zero-order valence-electron chi connectivity index (χ0n) is 9.35. The Bertz CT molecular complexity index is 511. The van der Waals surface area contributed by atoms with Gasteiger partial charge in [-0.1, -0.05) is 12.1 Å². The number of hydrogen-bond donors (Lipinski definition) is 1. The van der Waals surface area contributed by atoms with Crippen molar-refractivity contribution in [1.29, 1.82) is 0 Å². The molecule has 88 valence electrons. The summed E-state index contributed by atoms with van der Waals surface area (Å²) in [5, 5.41) is 9.04. The Morgan fingerprint density at radius 1 is 1.29 bits per heavy atom. The molecule has 0 spiro atoms. The molecule has 2 aromatic rings. The molecule has 2 rings (SSSR count). The van der Waals surface area contributed by atoms with Crippen LogP contribution in [-0.4, -0.2) is 17.2 Å². The van der Waals surface area contributed by atoms with Crippen LogP contribution in [0.5, 0.6) is 5.75 Å². The van der Waals surface area contributed by atoms with E-state index in [0.717, 1.165) is 16.7 Å². The second-order valence-corrected chi connectivity index (χ2v) is 3.56. The van der Waals surface area contributed by atoms with Gasteiger partial charge in [-0.15, -0.1) is 0 Å². The van der Waals surface area contributed by atoms with Gasteiger partial charge in [0.05, 0.1) is 13.7 Å². The number of rotatable bonds is 3. The van der Waals surface area contributed by atoms with Gasteiger partial charge >= 0.3 is 0 Å². The maximum atomic E-state index is 12.7. The highest BCUT2D eigenvalue weighted by Gasteiger charge is 2.07. The predicted molar refractivity (Wildman–Crippen MR) is 62.1 cm³/mol. The van der Waals surface area contributed by atoms with Crippen LogP contribution < -0.4 is 4.74 Å². The fourth-order valence-corrected chi connectivity index (χ4v) is 1.61. The third-order valence-electron chi connectivity index (χ3n) is 2.49. The zero-order chi connectivity index (χ0) is 12.3. The number of aromatic nitrogens is 1. The smallest absolute Gasteiger partial charge is 0.212 e. The van der Waals surface area contributed by atoms with Gasteiger partial charge in [-0.3, -0.25) is 0 Å². The molecule has 0 bridgehead atoms. The number of aliphatic hydroxyl groups excluding tert-OH is 1. The van der Waals surface area contributed by atoms with E-state index in [9.17, 15) is 4.39 Å². The van der Waals surface area contributed by atoms with Gasteiger partial charge in [0.25, 0.3) is 0 Å². The minimum Gasteiger partial charge on any atom is -0.496 e. The average molecular weight is 233 g/mol. The lowest BCUT2D eigenvalue weighted by Gasteiger charge is -2.09. The van der Waals surface area contributed by atoms with E-state index in [1.807, 2.05) is 6.07 Å². The van der Waals surface area contributed by atoms with Crippen molar-refractivity contribution in [3.8, 4) is 16.9 Å². The van der Waals surface area contributed by atoms with Crippen molar-refractivity contribution in [2.24, 2.45) is 0 Å². The first-order valence-corrected chi connectivity index (χ1v) is 5.14. The number of benzene rings is 1. The Balaban J connectivity index is 2.47. The number of methoxy groups -OCH3 is 1. The minimum absolute atomic E-state index is 0.0433. The van der Waals surface area contributed by atoms with Crippen LogP contribution in [0.4, 0.5) is 4.39 Å². The first-order chi connectivity index (χ1) is 8.24. The molecular formula is C13H12FNO2. The van der Waals surface area contributed by atoms with Crippen molar-refractivity contribution in [2.45, 2.75) is 6.61 Å². The summed E-state index contributed by atoms with van der Waals surface area (Å²) in [5.74, 6) is 0.115. The van der Waals surface area contributed by atoms with Gasteiger partial charge in [0.1, 0.15) is 5.75 Å². The Kier molecular flexibility index (Phi) is 3.35. The molecule has 1 aromatic carbocycles. The van der Waals surface area contributed by atoms with Crippen LogP contribution in [0.15, 0.2) is 36.5 Å². The molecule has 0 saturated carbocycles. The molecular weight excluding hydrogens is 221 g/mol. The summed E-state index contributed by atoms with van der Waals surface area (Å²) in [5.41, 5.74) is 2.35. The summed E-state index contributed by atoms with van der Waals surface area (Å²) in [6.07, 6.45) is 1.45. The summed E-state index contributed by atoms with van der Waals surface area (Å²) in [6, 6.07) is 8.30. The highest BCUT2D eigenvalue weighted by atomic mass is 19.1. The molecule has 1 aromatic heterocycles. The number of pyridine rings is 1. The lowest BCUT2D eigenvalue weighted by molar-refractivity contribution is 0.281. The van der Waals surface area contributed by atoms with E-state index < -0.39 is 5.95 Å². The van der Waals surface area contributed by atoms with Crippen molar-refractivity contribution < 1.29 is 14.2 Å². The number of aliphatic hydroxyl groups is 1. The number of nitrogens with zero attached hydrogens (tertiary/aromatic N) is 1. The molecule has 17 heavy (non-hydrogen) atoms. The standard InChI is InChI=1S/C13H12FNO2/c1-17-12-6-9(8-16)2-4-11(12)10-3-5-13(14)15-7-10/h2-7,16H,8H2,1H3. The fraction of sp³-hybridized carbons (Fsp3) is 0.154. The van der Waals surface area contributed by atoms with E-state index in [1.54, 1.807) is 25.3 Å². The molecule has 0 fully saturated rings. The van der Waals surface area contributed by atoms with Crippen molar-refractivity contribution in [1.82, 2.24) is 4.98 Å². The highest BCUT2D eigenvalue weighted by Crippen LogP contribution is 2.30. The quantitative estimate of drug-likeness (QED) is 0.828. The van der Waals surface area contributed by atoms with Gasteiger partial charge in [0, 0.05) is 17.3 Å². The first kappa shape index (κ1) is 11.5. The van der Waals surface area contributed by atoms with Gasteiger partial charge in [-0.2, -0.15) is 4.39 Å². The monoisotopic (exact) mass is 233 g/mol. The molecule has 3 nitrogen and oxygen atoms in total. The van der Waals surface area contributed by atoms with Crippen molar-refractivity contribution in [2.75, 3.05) is 7.11 Å². The molecule has 0 atom stereocenters. The molecule has 0 unspecified atom stereocenters. The topological polar surface area (TPSA) is 42.4 Å². The molecule has 1 N–H and O–H groups in total. The normalized spacial score (nSPS) is 10.3. The molecule has 0 saturated heterocycles. The SMILES string of the molecule is COc1cc(CO)ccc1-c1ccc(F)nc1. The molecule has 0 amide bonds. The van der Waals surface area contributed by atoms with Gasteiger partial charge < -0.3 is 9.84 Å². The van der Waals surface area contributed by atoms with Crippen LogP contribution in [0.2, 0.25) is 0 Å². The summed E-state index contributed by atoms with van der Waals surface area (Å²) in [6.45, 7) is -0.0433. The maximum absolute atomic E-state index is 12.7. The Morgan fingerprint density at radius 3 is 2.71 bits per heavy atom. The van der Waals surface area contributed by atoms with E-state index in [4.69, 9.17) is 9.84 Å². The lowest BCUT2D eigenvalue weighted by atomic mass is 10.0. The zero-order valence-corrected chi connectivity index (χ0v) is 9.35. The summed E-state index contributed by atoms with van der Waals surface area (Å²) in [4.78, 5) is 3.60. The van der Waals surface area contributed by atoms with E-state index in [0.29, 0.717) is 5.75 Å². The second kappa shape index (κ2) is 4.93. The Labute approximate surface area is 98.5 Å². The average Bonchev–Trinajstić information content (AvgIpc) is 2.39. The number of halogens is 1. The second-order valence-electron chi connectivity index (χ2n) is 3.56. The van der Waals surface area contributed by atoms with Crippen LogP contribution in [0, 0.1) is 5.95 Å². The molecule has 0 radical (unpaired) electrons. The molecule has 0 aliphatic carbocycles. The van der Waals surface area contributed by atoms with Gasteiger partial charge in [0.15, 0.2) is 0 Å². The van der Waals surface area contributed by atoms with E-state index in [-0.39, 0.29) is 6.61 Å². The third kappa shape index (κ3) is 2.42. The van der Waals surface area contributed by atoms with Gasteiger partial charge in [-0.05, 0) is 23.8 Å². The minimum atomic E-state index is -0.514. The molecule has 0 aliphatic rings. The number of ether oxygens (including phenoxy) is 1. The Hall–Kier alpha value is -1.94. The van der Waals surface area contributed by atoms with Gasteiger partial charge in [-0.25, -0.2) is 4.98 Å². The Morgan fingerprint density at radius 2 is 2.12 bits per heavy atom. The van der Waals surface area contributed by atoms with Crippen molar-refractivity contribution in [3.63, 3.8) is 0 Å². The van der Waals surface area contributed by atoms with Crippen LogP contribution in [0.3, 0.4) is 0 Å². The van der Waals surface area contributed by atoms with Crippen LogP contribution in [0.25, 0.3) is 11.1 Å². The van der Waals surface area contributed by atoms with Crippen molar-refractivity contribution in [3.05, 3.63) is 48.0 Å². The summed E-state index contributed by atoms with van der Waals surface area (Å²) in [7, 11) is 1.55. The maximum Gasteiger partial charge on any atom is 0.212 e. The van der Waals surface area contributed by atoms with Crippen LogP contribution >= 0.6 is 0 Å². The third-order valence-corrected chi connectivity index (χ3v) is 2.49. The largest absolute Gasteiger partial charge is 0.496 e. The van der Waals surface area contributed by atoms with Crippen LogP contribution in [0.1, 0.15) is 5.56 Å². The van der Waals surface area contributed by atoms with E-state index in [2.05, 4.69) is 4.98 Å². The highest BCUT2D eigenvalue weighted by molar-refractivity contribution is 5.70. The molecule has 0 aliphatic heterocycles.